The highest BCUT2D eigenvalue weighted by molar-refractivity contribution is 7.92. The SMILES string of the molecule is CC[C@@H](C(=O)Nc1ccccc1Cl)N(c1ccc(Cl)c(Cl)c1)S(C)(=O)=O. The van der Waals surface area contributed by atoms with Crippen LogP contribution in [0.1, 0.15) is 13.3 Å². The number of anilines is 2. The van der Waals surface area contributed by atoms with Crippen LogP contribution in [-0.2, 0) is 14.8 Å². The molecule has 2 rings (SSSR count). The molecule has 0 saturated carbocycles. The summed E-state index contributed by atoms with van der Waals surface area (Å²) in [7, 11) is -3.77. The molecule has 5 nitrogen and oxygen atoms in total. The maximum Gasteiger partial charge on any atom is 0.248 e. The van der Waals surface area contributed by atoms with Crippen LogP contribution in [0.3, 0.4) is 0 Å². The first kappa shape index (κ1) is 20.8. The van der Waals surface area contributed by atoms with Crippen molar-refractivity contribution in [3.05, 3.63) is 57.5 Å². The third kappa shape index (κ3) is 4.82. The first-order valence-electron chi connectivity index (χ1n) is 7.65. The number of carbonyl (C=O) groups is 1. The number of rotatable bonds is 6. The standard InChI is InChI=1S/C17H17Cl3N2O3S/c1-3-16(17(23)21-15-7-5-4-6-13(15)19)22(26(2,24)25)11-8-9-12(18)14(20)10-11/h4-10,16H,3H2,1-2H3,(H,21,23)/t16-/m0/s1. The molecule has 0 bridgehead atoms. The third-order valence-corrected chi connectivity index (χ3v) is 5.87. The Morgan fingerprint density at radius 3 is 2.27 bits per heavy atom. The molecule has 140 valence electrons. The van der Waals surface area contributed by atoms with E-state index in [1.807, 2.05) is 0 Å². The summed E-state index contributed by atoms with van der Waals surface area (Å²) in [6.45, 7) is 1.71. The molecule has 2 aromatic rings. The normalized spacial score (nSPS) is 12.5. The topological polar surface area (TPSA) is 66.5 Å². The van der Waals surface area contributed by atoms with Gasteiger partial charge in [0.15, 0.2) is 0 Å². The number of carbonyl (C=O) groups excluding carboxylic acids is 1. The van der Waals surface area contributed by atoms with Gasteiger partial charge in [0.1, 0.15) is 6.04 Å². The van der Waals surface area contributed by atoms with E-state index in [0.29, 0.717) is 10.7 Å². The van der Waals surface area contributed by atoms with E-state index in [0.717, 1.165) is 10.6 Å². The van der Waals surface area contributed by atoms with Gasteiger partial charge in [-0.15, -0.1) is 0 Å². The number of nitrogens with zero attached hydrogens (tertiary/aromatic N) is 1. The van der Waals surface area contributed by atoms with Crippen molar-refractivity contribution >= 4 is 62.1 Å². The summed E-state index contributed by atoms with van der Waals surface area (Å²) >= 11 is 18.0. The van der Waals surface area contributed by atoms with Crippen molar-refractivity contribution in [1.29, 1.82) is 0 Å². The van der Waals surface area contributed by atoms with Gasteiger partial charge in [-0.3, -0.25) is 9.10 Å². The zero-order valence-electron chi connectivity index (χ0n) is 14.0. The Morgan fingerprint density at radius 2 is 1.73 bits per heavy atom. The summed E-state index contributed by atoms with van der Waals surface area (Å²) in [5, 5.41) is 3.51. The van der Waals surface area contributed by atoms with Crippen LogP contribution >= 0.6 is 34.8 Å². The number of sulfonamides is 1. The number of halogens is 3. The maximum absolute atomic E-state index is 12.8. The molecule has 1 N–H and O–H groups in total. The summed E-state index contributed by atoms with van der Waals surface area (Å²) in [6.07, 6.45) is 1.27. The molecule has 1 amide bonds. The molecule has 0 aromatic heterocycles. The maximum atomic E-state index is 12.8. The molecule has 0 heterocycles. The van der Waals surface area contributed by atoms with Crippen molar-refractivity contribution in [1.82, 2.24) is 0 Å². The molecule has 0 fully saturated rings. The lowest BCUT2D eigenvalue weighted by molar-refractivity contribution is -0.117. The Bertz CT molecular complexity index is 919. The smallest absolute Gasteiger partial charge is 0.248 e. The second-order valence-electron chi connectivity index (χ2n) is 5.55. The fourth-order valence-corrected chi connectivity index (χ4v) is 4.14. The van der Waals surface area contributed by atoms with Gasteiger partial charge < -0.3 is 5.32 Å². The van der Waals surface area contributed by atoms with Crippen molar-refractivity contribution in [2.24, 2.45) is 0 Å². The molecule has 2 aromatic carbocycles. The van der Waals surface area contributed by atoms with Gasteiger partial charge in [0.2, 0.25) is 15.9 Å². The first-order chi connectivity index (χ1) is 12.1. The van der Waals surface area contributed by atoms with Gasteiger partial charge in [0.25, 0.3) is 0 Å². The number of hydrogen-bond acceptors (Lipinski definition) is 3. The van der Waals surface area contributed by atoms with E-state index in [1.54, 1.807) is 31.2 Å². The van der Waals surface area contributed by atoms with E-state index in [2.05, 4.69) is 5.32 Å². The molecule has 1 atom stereocenters. The molecule has 0 aliphatic carbocycles. The molecular weight excluding hydrogens is 419 g/mol. The molecular formula is C17H17Cl3N2O3S. The first-order valence-corrected chi connectivity index (χ1v) is 10.6. The quantitative estimate of drug-likeness (QED) is 0.706. The van der Waals surface area contributed by atoms with Crippen LogP contribution in [-0.4, -0.2) is 26.6 Å². The van der Waals surface area contributed by atoms with Crippen LogP contribution in [0.15, 0.2) is 42.5 Å². The fourth-order valence-electron chi connectivity index (χ4n) is 2.46. The van der Waals surface area contributed by atoms with Crippen molar-refractivity contribution < 1.29 is 13.2 Å². The highest BCUT2D eigenvalue weighted by Gasteiger charge is 2.32. The predicted octanol–water partition coefficient (Wildman–Crippen LogP) is 4.83. The number of nitrogens with one attached hydrogen (secondary N) is 1. The Balaban J connectivity index is 2.43. The molecule has 0 saturated heterocycles. The van der Waals surface area contributed by atoms with Crippen LogP contribution in [0.2, 0.25) is 15.1 Å². The largest absolute Gasteiger partial charge is 0.323 e. The van der Waals surface area contributed by atoms with Gasteiger partial charge in [0, 0.05) is 0 Å². The third-order valence-electron chi connectivity index (χ3n) is 3.62. The highest BCUT2D eigenvalue weighted by Crippen LogP contribution is 2.31. The Hall–Kier alpha value is -1.47. The summed E-state index contributed by atoms with van der Waals surface area (Å²) in [4.78, 5) is 12.8. The van der Waals surface area contributed by atoms with E-state index < -0.39 is 22.0 Å². The van der Waals surface area contributed by atoms with Gasteiger partial charge in [-0.25, -0.2) is 8.42 Å². The van der Waals surface area contributed by atoms with Crippen LogP contribution in [0, 0.1) is 0 Å². The van der Waals surface area contributed by atoms with Gasteiger partial charge in [0.05, 0.1) is 32.7 Å². The molecule has 0 aliphatic heterocycles. The van der Waals surface area contributed by atoms with Crippen LogP contribution in [0.25, 0.3) is 0 Å². The van der Waals surface area contributed by atoms with E-state index in [-0.39, 0.29) is 22.2 Å². The lowest BCUT2D eigenvalue weighted by Gasteiger charge is -2.30. The average molecular weight is 436 g/mol. The van der Waals surface area contributed by atoms with Crippen molar-refractivity contribution in [3.8, 4) is 0 Å². The van der Waals surface area contributed by atoms with E-state index >= 15 is 0 Å². The van der Waals surface area contributed by atoms with Crippen molar-refractivity contribution in [2.45, 2.75) is 19.4 Å². The Kier molecular flexibility index (Phi) is 6.80. The number of amides is 1. The average Bonchev–Trinajstić information content (AvgIpc) is 2.56. The summed E-state index contributed by atoms with van der Waals surface area (Å²) < 4.78 is 25.8. The monoisotopic (exact) mass is 434 g/mol. The Morgan fingerprint density at radius 1 is 1.08 bits per heavy atom. The van der Waals surface area contributed by atoms with E-state index in [1.165, 1.54) is 18.2 Å². The van der Waals surface area contributed by atoms with E-state index in [9.17, 15) is 13.2 Å². The molecule has 0 radical (unpaired) electrons. The van der Waals surface area contributed by atoms with E-state index in [4.69, 9.17) is 34.8 Å². The van der Waals surface area contributed by atoms with Crippen LogP contribution in [0.5, 0.6) is 0 Å². The number of hydrogen-bond donors (Lipinski definition) is 1. The molecule has 9 heteroatoms. The molecule has 0 unspecified atom stereocenters. The molecule has 0 aliphatic rings. The minimum absolute atomic E-state index is 0.194. The zero-order chi connectivity index (χ0) is 19.5. The summed E-state index contributed by atoms with van der Waals surface area (Å²) in [5.74, 6) is -0.503. The van der Waals surface area contributed by atoms with Crippen molar-refractivity contribution in [3.63, 3.8) is 0 Å². The minimum atomic E-state index is -3.77. The van der Waals surface area contributed by atoms with Gasteiger partial charge in [-0.1, -0.05) is 53.9 Å². The zero-order valence-corrected chi connectivity index (χ0v) is 17.1. The lowest BCUT2D eigenvalue weighted by atomic mass is 10.2. The predicted molar refractivity (Wildman–Crippen MR) is 108 cm³/mol. The van der Waals surface area contributed by atoms with Gasteiger partial charge >= 0.3 is 0 Å². The number of para-hydroxylation sites is 1. The van der Waals surface area contributed by atoms with Gasteiger partial charge in [-0.2, -0.15) is 0 Å². The number of benzene rings is 2. The molecule has 26 heavy (non-hydrogen) atoms. The fraction of sp³-hybridized carbons (Fsp3) is 0.235. The lowest BCUT2D eigenvalue weighted by Crippen LogP contribution is -2.47. The minimum Gasteiger partial charge on any atom is -0.323 e. The second kappa shape index (κ2) is 8.48. The summed E-state index contributed by atoms with van der Waals surface area (Å²) in [5.41, 5.74) is 0.656. The summed E-state index contributed by atoms with van der Waals surface area (Å²) in [6, 6.07) is 10.1. The van der Waals surface area contributed by atoms with Gasteiger partial charge in [-0.05, 0) is 36.8 Å². The van der Waals surface area contributed by atoms with Crippen molar-refractivity contribution in [2.75, 3.05) is 15.9 Å². The highest BCUT2D eigenvalue weighted by atomic mass is 35.5. The molecule has 0 spiro atoms. The van der Waals surface area contributed by atoms with Crippen LogP contribution in [0.4, 0.5) is 11.4 Å². The Labute approximate surface area is 167 Å². The second-order valence-corrected chi connectivity index (χ2v) is 8.63. The van der Waals surface area contributed by atoms with Crippen LogP contribution < -0.4 is 9.62 Å².